The number of amides is 1. The Morgan fingerprint density at radius 2 is 2.20 bits per heavy atom. The topological polar surface area (TPSA) is 62.5 Å². The number of hydrogen-bond acceptors (Lipinski definition) is 3. The minimum atomic E-state index is -0.183. The number of aliphatic hydroxyl groups is 1. The Kier molecular flexibility index (Phi) is 5.66. The molecule has 0 saturated heterocycles. The molecule has 0 aromatic carbocycles. The summed E-state index contributed by atoms with van der Waals surface area (Å²) in [7, 11) is 0. The van der Waals surface area contributed by atoms with Gasteiger partial charge in [-0.1, -0.05) is 19.3 Å². The molecule has 1 heterocycles. The lowest BCUT2D eigenvalue weighted by atomic mass is 9.82. The normalized spacial score (nSPS) is 17.9. The van der Waals surface area contributed by atoms with Gasteiger partial charge in [0, 0.05) is 18.2 Å². The molecule has 2 rings (SSSR count). The predicted octanol–water partition coefficient (Wildman–Crippen LogP) is 3.41. The molecule has 1 aromatic rings. The van der Waals surface area contributed by atoms with E-state index < -0.39 is 0 Å². The highest BCUT2D eigenvalue weighted by molar-refractivity contribution is 9.10. The highest BCUT2D eigenvalue weighted by Crippen LogP contribution is 2.28. The van der Waals surface area contributed by atoms with Crippen LogP contribution >= 0.6 is 15.9 Å². The maximum atomic E-state index is 12.3. The summed E-state index contributed by atoms with van der Waals surface area (Å²) >= 11 is 3.24. The zero-order chi connectivity index (χ0) is 14.5. The lowest BCUT2D eigenvalue weighted by Crippen LogP contribution is -2.41. The molecule has 0 aliphatic heterocycles. The van der Waals surface area contributed by atoms with Gasteiger partial charge in [0.15, 0.2) is 10.4 Å². The van der Waals surface area contributed by atoms with E-state index in [1.807, 2.05) is 6.92 Å². The van der Waals surface area contributed by atoms with Gasteiger partial charge in [-0.2, -0.15) is 0 Å². The van der Waals surface area contributed by atoms with Crippen molar-refractivity contribution in [3.8, 4) is 0 Å². The number of carbonyl (C=O) groups excluding carboxylic acids is 1. The number of nitrogens with one attached hydrogen (secondary N) is 1. The molecule has 20 heavy (non-hydrogen) atoms. The Balaban J connectivity index is 2.03. The van der Waals surface area contributed by atoms with Crippen LogP contribution in [0.25, 0.3) is 0 Å². The first kappa shape index (κ1) is 15.6. The number of hydrogen-bond donors (Lipinski definition) is 2. The molecule has 0 spiro atoms. The van der Waals surface area contributed by atoms with Crippen molar-refractivity contribution >= 4 is 21.8 Å². The van der Waals surface area contributed by atoms with Gasteiger partial charge in [-0.15, -0.1) is 0 Å². The standard InChI is InChI=1S/C15H22BrNO3/c1-10-9-13(16)20-14(10)15(19)17-12(7-8-18)11-5-3-2-4-6-11/h9,11-12,18H,2-8H2,1H3,(H,17,19). The zero-order valence-electron chi connectivity index (χ0n) is 11.8. The third-order valence-corrected chi connectivity index (χ3v) is 4.46. The average Bonchev–Trinajstić information content (AvgIpc) is 2.78. The van der Waals surface area contributed by atoms with Crippen molar-refractivity contribution in [2.45, 2.75) is 51.5 Å². The molecule has 1 aromatic heterocycles. The molecule has 1 fully saturated rings. The summed E-state index contributed by atoms with van der Waals surface area (Å²) < 4.78 is 5.95. The summed E-state index contributed by atoms with van der Waals surface area (Å²) in [5.41, 5.74) is 0.820. The van der Waals surface area contributed by atoms with Crippen LogP contribution in [0.4, 0.5) is 0 Å². The maximum Gasteiger partial charge on any atom is 0.287 e. The second kappa shape index (κ2) is 7.27. The molecule has 4 nitrogen and oxygen atoms in total. The Bertz CT molecular complexity index is 452. The van der Waals surface area contributed by atoms with Crippen molar-refractivity contribution in [2.24, 2.45) is 5.92 Å². The first-order chi connectivity index (χ1) is 9.61. The van der Waals surface area contributed by atoms with E-state index in [-0.39, 0.29) is 18.6 Å². The van der Waals surface area contributed by atoms with Crippen LogP contribution < -0.4 is 5.32 Å². The quantitative estimate of drug-likeness (QED) is 0.860. The summed E-state index contributed by atoms with van der Waals surface area (Å²) in [6.45, 7) is 1.95. The number of rotatable bonds is 5. The fourth-order valence-electron chi connectivity index (χ4n) is 3.00. The fraction of sp³-hybridized carbons (Fsp3) is 0.667. The Labute approximate surface area is 128 Å². The molecule has 1 aliphatic carbocycles. The molecule has 2 N–H and O–H groups in total. The summed E-state index contributed by atoms with van der Waals surface area (Å²) in [4.78, 5) is 12.3. The first-order valence-electron chi connectivity index (χ1n) is 7.29. The van der Waals surface area contributed by atoms with Crippen molar-refractivity contribution in [3.63, 3.8) is 0 Å². The minimum Gasteiger partial charge on any atom is -0.444 e. The van der Waals surface area contributed by atoms with Crippen molar-refractivity contribution in [1.29, 1.82) is 0 Å². The molecular formula is C15H22BrNO3. The van der Waals surface area contributed by atoms with Crippen molar-refractivity contribution in [1.82, 2.24) is 5.32 Å². The van der Waals surface area contributed by atoms with E-state index in [2.05, 4.69) is 21.2 Å². The molecule has 1 atom stereocenters. The molecule has 1 aliphatic rings. The summed E-state index contributed by atoms with van der Waals surface area (Å²) in [6.07, 6.45) is 6.58. The highest BCUT2D eigenvalue weighted by Gasteiger charge is 2.26. The molecule has 1 saturated carbocycles. The van der Waals surface area contributed by atoms with E-state index in [4.69, 9.17) is 4.42 Å². The van der Waals surface area contributed by atoms with E-state index >= 15 is 0 Å². The van der Waals surface area contributed by atoms with Crippen LogP contribution in [0.3, 0.4) is 0 Å². The average molecular weight is 344 g/mol. The van der Waals surface area contributed by atoms with Crippen LogP contribution in [-0.2, 0) is 0 Å². The van der Waals surface area contributed by atoms with Gasteiger partial charge in [0.25, 0.3) is 5.91 Å². The fourth-order valence-corrected chi connectivity index (χ4v) is 3.51. The molecule has 5 heteroatoms. The van der Waals surface area contributed by atoms with Gasteiger partial charge >= 0.3 is 0 Å². The summed E-state index contributed by atoms with van der Waals surface area (Å²) in [5, 5.41) is 12.3. The van der Waals surface area contributed by atoms with Gasteiger partial charge in [-0.3, -0.25) is 4.79 Å². The lowest BCUT2D eigenvalue weighted by Gasteiger charge is -2.30. The second-order valence-corrected chi connectivity index (χ2v) is 6.33. The van der Waals surface area contributed by atoms with Gasteiger partial charge in [0.2, 0.25) is 0 Å². The number of furan rings is 1. The lowest BCUT2D eigenvalue weighted by molar-refractivity contribution is 0.0869. The number of carbonyl (C=O) groups is 1. The smallest absolute Gasteiger partial charge is 0.287 e. The van der Waals surface area contributed by atoms with Crippen LogP contribution in [0.15, 0.2) is 15.2 Å². The molecular weight excluding hydrogens is 322 g/mol. The third-order valence-electron chi connectivity index (χ3n) is 4.07. The van der Waals surface area contributed by atoms with Crippen LogP contribution in [0, 0.1) is 12.8 Å². The minimum absolute atomic E-state index is 0.0380. The Morgan fingerprint density at radius 3 is 2.75 bits per heavy atom. The van der Waals surface area contributed by atoms with Crippen LogP contribution in [-0.4, -0.2) is 23.7 Å². The van der Waals surface area contributed by atoms with Crippen molar-refractivity contribution in [3.05, 3.63) is 22.1 Å². The van der Waals surface area contributed by atoms with Gasteiger partial charge in [0.1, 0.15) is 0 Å². The molecule has 0 bridgehead atoms. The monoisotopic (exact) mass is 343 g/mol. The van der Waals surface area contributed by atoms with Gasteiger partial charge in [-0.25, -0.2) is 0 Å². The second-order valence-electron chi connectivity index (χ2n) is 5.55. The largest absolute Gasteiger partial charge is 0.444 e. The molecule has 0 radical (unpaired) electrons. The first-order valence-corrected chi connectivity index (χ1v) is 8.08. The molecule has 112 valence electrons. The van der Waals surface area contributed by atoms with Gasteiger partial charge in [0.05, 0.1) is 0 Å². The highest BCUT2D eigenvalue weighted by atomic mass is 79.9. The van der Waals surface area contributed by atoms with Crippen LogP contribution in [0.5, 0.6) is 0 Å². The SMILES string of the molecule is Cc1cc(Br)oc1C(=O)NC(CCO)C1CCCCC1. The predicted molar refractivity (Wildman–Crippen MR) is 80.7 cm³/mol. The van der Waals surface area contributed by atoms with E-state index in [0.29, 0.717) is 22.8 Å². The van der Waals surface area contributed by atoms with Crippen LogP contribution in [0.1, 0.15) is 54.6 Å². The van der Waals surface area contributed by atoms with E-state index in [1.165, 1.54) is 19.3 Å². The zero-order valence-corrected chi connectivity index (χ0v) is 13.4. The van der Waals surface area contributed by atoms with Gasteiger partial charge < -0.3 is 14.8 Å². The van der Waals surface area contributed by atoms with Gasteiger partial charge in [-0.05, 0) is 54.1 Å². The Hall–Kier alpha value is -0.810. The summed E-state index contributed by atoms with van der Waals surface area (Å²) in [5.74, 6) is 0.645. The van der Waals surface area contributed by atoms with Crippen LogP contribution in [0.2, 0.25) is 0 Å². The third kappa shape index (κ3) is 3.85. The molecule has 1 unspecified atom stereocenters. The number of aryl methyl sites for hydroxylation is 1. The number of aliphatic hydroxyl groups excluding tert-OH is 1. The Morgan fingerprint density at radius 1 is 1.50 bits per heavy atom. The van der Waals surface area contributed by atoms with E-state index in [0.717, 1.165) is 18.4 Å². The van der Waals surface area contributed by atoms with E-state index in [1.54, 1.807) is 6.07 Å². The van der Waals surface area contributed by atoms with Crippen molar-refractivity contribution in [2.75, 3.05) is 6.61 Å². The van der Waals surface area contributed by atoms with Crippen molar-refractivity contribution < 1.29 is 14.3 Å². The molecule has 1 amide bonds. The summed E-state index contributed by atoms with van der Waals surface area (Å²) in [6, 6.07) is 1.83. The van der Waals surface area contributed by atoms with E-state index in [9.17, 15) is 9.90 Å². The number of halogens is 1. The maximum absolute atomic E-state index is 12.3.